The second-order valence-electron chi connectivity index (χ2n) is 2.54. The van der Waals surface area contributed by atoms with Crippen LogP contribution < -0.4 is 4.74 Å². The van der Waals surface area contributed by atoms with Crippen molar-refractivity contribution in [3.8, 4) is 5.75 Å². The molecule has 0 heterocycles. The average molecular weight is 204 g/mol. The maximum absolute atomic E-state index is 12.7. The highest BCUT2D eigenvalue weighted by molar-refractivity contribution is 7.86. The summed E-state index contributed by atoms with van der Waals surface area (Å²) in [6, 6.07) is 4.51. The molecule has 0 fully saturated rings. The Kier molecular flexibility index (Phi) is 2.56. The number of benzene rings is 1. The van der Waals surface area contributed by atoms with Gasteiger partial charge in [0.05, 0.1) is 7.11 Å². The molecular formula is C8H9FO3S. The van der Waals surface area contributed by atoms with Gasteiger partial charge in [0.1, 0.15) is 10.6 Å². The van der Waals surface area contributed by atoms with Gasteiger partial charge in [-0.25, -0.2) is 0 Å². The van der Waals surface area contributed by atoms with Crippen LogP contribution in [0.15, 0.2) is 23.1 Å². The van der Waals surface area contributed by atoms with Gasteiger partial charge in [0.15, 0.2) is 0 Å². The van der Waals surface area contributed by atoms with Gasteiger partial charge in [0, 0.05) is 0 Å². The largest absolute Gasteiger partial charge is 0.495 e. The second kappa shape index (κ2) is 3.33. The Bertz CT molecular complexity index is 411. The van der Waals surface area contributed by atoms with Crippen LogP contribution in [-0.2, 0) is 10.2 Å². The fourth-order valence-electron chi connectivity index (χ4n) is 1.10. The number of ether oxygens (including phenoxy) is 1. The van der Waals surface area contributed by atoms with Crippen molar-refractivity contribution in [3.63, 3.8) is 0 Å². The summed E-state index contributed by atoms with van der Waals surface area (Å²) in [5.74, 6) is 0.0301. The molecule has 1 aromatic rings. The molecule has 0 unspecified atom stereocenters. The van der Waals surface area contributed by atoms with E-state index in [1.807, 2.05) is 0 Å². The maximum Gasteiger partial charge on any atom is 0.336 e. The monoisotopic (exact) mass is 204 g/mol. The van der Waals surface area contributed by atoms with Gasteiger partial charge in [-0.05, 0) is 18.6 Å². The number of methoxy groups -OCH3 is 1. The van der Waals surface area contributed by atoms with Gasteiger partial charge in [-0.2, -0.15) is 8.42 Å². The Balaban J connectivity index is 3.50. The summed E-state index contributed by atoms with van der Waals surface area (Å²) in [4.78, 5) is -0.391. The summed E-state index contributed by atoms with van der Waals surface area (Å²) in [5, 5.41) is 0. The molecule has 0 aliphatic carbocycles. The first-order valence-electron chi connectivity index (χ1n) is 3.55. The summed E-state index contributed by atoms with van der Waals surface area (Å²) in [7, 11) is -3.41. The van der Waals surface area contributed by atoms with Crippen molar-refractivity contribution in [2.24, 2.45) is 0 Å². The van der Waals surface area contributed by atoms with Gasteiger partial charge in [-0.3, -0.25) is 0 Å². The fourth-order valence-corrected chi connectivity index (χ4v) is 1.94. The van der Waals surface area contributed by atoms with Crippen molar-refractivity contribution in [1.29, 1.82) is 0 Å². The molecule has 0 aliphatic rings. The lowest BCUT2D eigenvalue weighted by Crippen LogP contribution is -1.99. The zero-order valence-electron chi connectivity index (χ0n) is 7.24. The molecule has 3 nitrogen and oxygen atoms in total. The molecule has 0 radical (unpaired) electrons. The fraction of sp³-hybridized carbons (Fsp3) is 0.250. The van der Waals surface area contributed by atoms with Crippen molar-refractivity contribution in [3.05, 3.63) is 23.8 Å². The van der Waals surface area contributed by atoms with E-state index in [-0.39, 0.29) is 5.75 Å². The van der Waals surface area contributed by atoms with Crippen molar-refractivity contribution < 1.29 is 17.0 Å². The molecule has 5 heteroatoms. The van der Waals surface area contributed by atoms with Crippen LogP contribution >= 0.6 is 0 Å². The van der Waals surface area contributed by atoms with Crippen molar-refractivity contribution in [2.45, 2.75) is 11.8 Å². The van der Waals surface area contributed by atoms with Crippen molar-refractivity contribution >= 4 is 10.2 Å². The van der Waals surface area contributed by atoms with E-state index in [1.165, 1.54) is 26.2 Å². The minimum absolute atomic E-state index is 0.0301. The smallest absolute Gasteiger partial charge is 0.336 e. The van der Waals surface area contributed by atoms with E-state index in [1.54, 1.807) is 6.07 Å². The van der Waals surface area contributed by atoms with Gasteiger partial charge in [0.25, 0.3) is 0 Å². The van der Waals surface area contributed by atoms with Crippen LogP contribution in [0.3, 0.4) is 0 Å². The summed E-state index contributed by atoms with van der Waals surface area (Å²) in [6.45, 7) is 1.51. The molecule has 72 valence electrons. The summed E-state index contributed by atoms with van der Waals surface area (Å²) in [5.41, 5.74) is 0.335. The molecule has 0 spiro atoms. The number of aryl methyl sites for hydroxylation is 1. The number of hydrogen-bond donors (Lipinski definition) is 0. The molecule has 0 aliphatic heterocycles. The molecule has 0 saturated heterocycles. The summed E-state index contributed by atoms with van der Waals surface area (Å²) >= 11 is 0. The van der Waals surface area contributed by atoms with Gasteiger partial charge in [0.2, 0.25) is 0 Å². The number of halogens is 1. The Hall–Kier alpha value is -1.10. The Labute approximate surface area is 76.4 Å². The van der Waals surface area contributed by atoms with Crippen molar-refractivity contribution in [1.82, 2.24) is 0 Å². The highest BCUT2D eigenvalue weighted by Gasteiger charge is 2.20. The predicted molar refractivity (Wildman–Crippen MR) is 46.0 cm³/mol. The van der Waals surface area contributed by atoms with E-state index in [9.17, 15) is 12.3 Å². The van der Waals surface area contributed by atoms with Crippen LogP contribution in [0.2, 0.25) is 0 Å². The lowest BCUT2D eigenvalue weighted by Gasteiger charge is -2.06. The number of hydrogen-bond acceptors (Lipinski definition) is 3. The third-order valence-corrected chi connectivity index (χ3v) is 2.65. The van der Waals surface area contributed by atoms with Gasteiger partial charge >= 0.3 is 10.2 Å². The van der Waals surface area contributed by atoms with E-state index in [0.29, 0.717) is 5.56 Å². The molecule has 0 N–H and O–H groups in total. The zero-order valence-corrected chi connectivity index (χ0v) is 8.06. The lowest BCUT2D eigenvalue weighted by molar-refractivity contribution is 0.400. The molecule has 0 bridgehead atoms. The molecular weight excluding hydrogens is 195 g/mol. The first kappa shape index (κ1) is 9.98. The first-order chi connectivity index (χ1) is 5.96. The average Bonchev–Trinajstić information content (AvgIpc) is 2.01. The van der Waals surface area contributed by atoms with Crippen LogP contribution in [-0.4, -0.2) is 15.5 Å². The highest BCUT2D eigenvalue weighted by Crippen LogP contribution is 2.28. The Morgan fingerprint density at radius 3 is 2.38 bits per heavy atom. The third-order valence-electron chi connectivity index (χ3n) is 1.64. The molecule has 0 aromatic heterocycles. The van der Waals surface area contributed by atoms with Crippen LogP contribution in [0.25, 0.3) is 0 Å². The highest BCUT2D eigenvalue weighted by atomic mass is 32.3. The van der Waals surface area contributed by atoms with E-state index in [2.05, 4.69) is 0 Å². The third kappa shape index (κ3) is 1.98. The Morgan fingerprint density at radius 1 is 1.38 bits per heavy atom. The zero-order chi connectivity index (χ0) is 10.1. The first-order valence-corrected chi connectivity index (χ1v) is 4.93. The quantitative estimate of drug-likeness (QED) is 0.688. The molecule has 0 amide bonds. The van der Waals surface area contributed by atoms with Crippen LogP contribution in [0.1, 0.15) is 5.56 Å². The van der Waals surface area contributed by atoms with E-state index >= 15 is 0 Å². The number of rotatable bonds is 2. The van der Waals surface area contributed by atoms with Crippen molar-refractivity contribution in [2.75, 3.05) is 7.11 Å². The SMILES string of the molecule is COc1cccc(C)c1S(=O)(=O)F. The molecule has 1 rings (SSSR count). The Morgan fingerprint density at radius 2 is 2.00 bits per heavy atom. The maximum atomic E-state index is 12.7. The van der Waals surface area contributed by atoms with E-state index < -0.39 is 15.1 Å². The van der Waals surface area contributed by atoms with E-state index in [0.717, 1.165) is 0 Å². The van der Waals surface area contributed by atoms with Crippen LogP contribution in [0.4, 0.5) is 3.89 Å². The van der Waals surface area contributed by atoms with E-state index in [4.69, 9.17) is 4.74 Å². The molecule has 1 aromatic carbocycles. The normalized spacial score (nSPS) is 11.3. The summed E-state index contributed by atoms with van der Waals surface area (Å²) in [6.07, 6.45) is 0. The standard InChI is InChI=1S/C8H9FO3S/c1-6-4-3-5-7(12-2)8(6)13(9,10)11/h3-5H,1-2H3. The van der Waals surface area contributed by atoms with Crippen LogP contribution in [0.5, 0.6) is 5.75 Å². The molecule has 0 atom stereocenters. The lowest BCUT2D eigenvalue weighted by atomic mass is 10.2. The molecule has 13 heavy (non-hydrogen) atoms. The van der Waals surface area contributed by atoms with Gasteiger partial charge in [-0.15, -0.1) is 3.89 Å². The minimum Gasteiger partial charge on any atom is -0.495 e. The second-order valence-corrected chi connectivity index (χ2v) is 3.83. The van der Waals surface area contributed by atoms with Gasteiger partial charge in [-0.1, -0.05) is 12.1 Å². The topological polar surface area (TPSA) is 43.4 Å². The van der Waals surface area contributed by atoms with Gasteiger partial charge < -0.3 is 4.74 Å². The predicted octanol–water partition coefficient (Wildman–Crippen LogP) is 1.66. The van der Waals surface area contributed by atoms with Crippen LogP contribution in [0, 0.1) is 6.92 Å². The molecule has 0 saturated carbocycles. The minimum atomic E-state index is -4.70. The summed E-state index contributed by atoms with van der Waals surface area (Å²) < 4.78 is 38.8.